The van der Waals surface area contributed by atoms with Crippen LogP contribution in [-0.2, 0) is 4.74 Å². The lowest BCUT2D eigenvalue weighted by atomic mass is 9.90. The van der Waals surface area contributed by atoms with Gasteiger partial charge >= 0.3 is 0 Å². The van der Waals surface area contributed by atoms with Crippen LogP contribution in [0.5, 0.6) is 0 Å². The van der Waals surface area contributed by atoms with E-state index in [2.05, 4.69) is 32.8 Å². The summed E-state index contributed by atoms with van der Waals surface area (Å²) in [5, 5.41) is 2.14. The molecule has 2 atom stereocenters. The third-order valence-corrected chi connectivity index (χ3v) is 4.32. The Kier molecular flexibility index (Phi) is 4.16. The van der Waals surface area contributed by atoms with Gasteiger partial charge in [-0.25, -0.2) is 0 Å². The number of nitrogens with one attached hydrogen (secondary N) is 1. The standard InChI is InChI=1S/C10H15BrN2OS/c11-9-4-8(6-15-9)10(13-12)7-2-1-3-14-5-7/h4,6-7,10,13H,1-3,5,12H2. The molecule has 0 aliphatic carbocycles. The van der Waals surface area contributed by atoms with Crippen molar-refractivity contribution < 1.29 is 4.74 Å². The van der Waals surface area contributed by atoms with E-state index in [1.807, 2.05) is 0 Å². The highest BCUT2D eigenvalue weighted by atomic mass is 79.9. The number of thiophene rings is 1. The first-order chi connectivity index (χ1) is 7.31. The molecular weight excluding hydrogens is 276 g/mol. The Balaban J connectivity index is 2.08. The molecule has 3 N–H and O–H groups in total. The summed E-state index contributed by atoms with van der Waals surface area (Å²) in [4.78, 5) is 0. The Bertz CT molecular complexity index is 312. The highest BCUT2D eigenvalue weighted by molar-refractivity contribution is 9.11. The molecular formula is C10H15BrN2OS. The predicted octanol–water partition coefficient (Wildman–Crippen LogP) is 2.44. The van der Waals surface area contributed by atoms with Gasteiger partial charge in [0, 0.05) is 12.5 Å². The maximum atomic E-state index is 5.63. The molecule has 1 aromatic rings. The van der Waals surface area contributed by atoms with Crippen LogP contribution in [0, 0.1) is 5.92 Å². The van der Waals surface area contributed by atoms with Crippen LogP contribution in [0.2, 0.25) is 0 Å². The number of halogens is 1. The van der Waals surface area contributed by atoms with Crippen molar-refractivity contribution >= 4 is 27.3 Å². The van der Waals surface area contributed by atoms with E-state index in [0.717, 1.165) is 23.4 Å². The molecule has 2 rings (SSSR count). The number of ether oxygens (including phenoxy) is 1. The Labute approximate surface area is 102 Å². The molecule has 1 fully saturated rings. The fourth-order valence-corrected chi connectivity index (χ4v) is 3.23. The van der Waals surface area contributed by atoms with E-state index in [-0.39, 0.29) is 6.04 Å². The first-order valence-corrected chi connectivity index (χ1v) is 6.76. The van der Waals surface area contributed by atoms with Gasteiger partial charge in [0.15, 0.2) is 0 Å². The van der Waals surface area contributed by atoms with Crippen molar-refractivity contribution in [2.45, 2.75) is 18.9 Å². The van der Waals surface area contributed by atoms with Crippen molar-refractivity contribution in [3.8, 4) is 0 Å². The van der Waals surface area contributed by atoms with Crippen LogP contribution < -0.4 is 11.3 Å². The Hall–Kier alpha value is 0.0600. The molecule has 0 bridgehead atoms. The topological polar surface area (TPSA) is 47.3 Å². The molecule has 0 amide bonds. The fraction of sp³-hybridized carbons (Fsp3) is 0.600. The number of hydrazine groups is 1. The molecule has 84 valence electrons. The van der Waals surface area contributed by atoms with Gasteiger partial charge in [0.25, 0.3) is 0 Å². The first-order valence-electron chi connectivity index (χ1n) is 5.09. The number of nitrogens with two attached hydrogens (primary N) is 1. The van der Waals surface area contributed by atoms with Gasteiger partial charge in [-0.1, -0.05) is 0 Å². The summed E-state index contributed by atoms with van der Waals surface area (Å²) in [5.74, 6) is 6.12. The van der Waals surface area contributed by atoms with E-state index in [0.29, 0.717) is 5.92 Å². The van der Waals surface area contributed by atoms with Crippen LogP contribution in [0.3, 0.4) is 0 Å². The summed E-state index contributed by atoms with van der Waals surface area (Å²) in [6, 6.07) is 2.34. The van der Waals surface area contributed by atoms with Gasteiger partial charge in [-0.2, -0.15) is 0 Å². The minimum absolute atomic E-state index is 0.216. The molecule has 0 saturated carbocycles. The second kappa shape index (κ2) is 5.41. The third kappa shape index (κ3) is 2.79. The van der Waals surface area contributed by atoms with Crippen molar-refractivity contribution in [1.82, 2.24) is 5.43 Å². The minimum Gasteiger partial charge on any atom is -0.381 e. The maximum Gasteiger partial charge on any atom is 0.0701 e. The molecule has 1 aliphatic rings. The zero-order valence-electron chi connectivity index (χ0n) is 8.41. The van der Waals surface area contributed by atoms with E-state index in [1.165, 1.54) is 12.0 Å². The third-order valence-electron chi connectivity index (χ3n) is 2.79. The maximum absolute atomic E-state index is 5.63. The Morgan fingerprint density at radius 1 is 1.67 bits per heavy atom. The summed E-state index contributed by atoms with van der Waals surface area (Å²) in [6.45, 7) is 1.70. The monoisotopic (exact) mass is 290 g/mol. The van der Waals surface area contributed by atoms with E-state index in [1.54, 1.807) is 11.3 Å². The van der Waals surface area contributed by atoms with E-state index < -0.39 is 0 Å². The van der Waals surface area contributed by atoms with Crippen molar-refractivity contribution in [3.63, 3.8) is 0 Å². The fourth-order valence-electron chi connectivity index (χ4n) is 2.02. The quantitative estimate of drug-likeness (QED) is 0.664. The van der Waals surface area contributed by atoms with E-state index in [4.69, 9.17) is 10.6 Å². The van der Waals surface area contributed by atoms with Gasteiger partial charge in [-0.05, 0) is 45.8 Å². The van der Waals surface area contributed by atoms with Crippen LogP contribution in [0.25, 0.3) is 0 Å². The summed E-state index contributed by atoms with van der Waals surface area (Å²) < 4.78 is 6.64. The summed E-state index contributed by atoms with van der Waals surface area (Å²) in [5.41, 5.74) is 4.16. The molecule has 15 heavy (non-hydrogen) atoms. The molecule has 1 aromatic heterocycles. The van der Waals surface area contributed by atoms with Crippen molar-refractivity contribution in [2.24, 2.45) is 11.8 Å². The Morgan fingerprint density at radius 2 is 2.53 bits per heavy atom. The molecule has 2 heterocycles. The molecule has 5 heteroatoms. The molecule has 2 unspecified atom stereocenters. The first kappa shape index (κ1) is 11.5. The number of hydrogen-bond acceptors (Lipinski definition) is 4. The van der Waals surface area contributed by atoms with Crippen molar-refractivity contribution in [3.05, 3.63) is 20.8 Å². The lowest BCUT2D eigenvalue weighted by molar-refractivity contribution is 0.0391. The lowest BCUT2D eigenvalue weighted by Gasteiger charge is -2.29. The molecule has 1 saturated heterocycles. The molecule has 0 aromatic carbocycles. The van der Waals surface area contributed by atoms with E-state index >= 15 is 0 Å². The number of rotatable bonds is 3. The Morgan fingerprint density at radius 3 is 3.07 bits per heavy atom. The average molecular weight is 291 g/mol. The minimum atomic E-state index is 0.216. The number of hydrogen-bond donors (Lipinski definition) is 2. The summed E-state index contributed by atoms with van der Waals surface area (Å²) in [6.07, 6.45) is 2.32. The van der Waals surface area contributed by atoms with Crippen molar-refractivity contribution in [1.29, 1.82) is 0 Å². The average Bonchev–Trinajstić information content (AvgIpc) is 2.68. The van der Waals surface area contributed by atoms with Gasteiger partial charge in [0.05, 0.1) is 16.4 Å². The second-order valence-electron chi connectivity index (χ2n) is 3.81. The SMILES string of the molecule is NNC(c1csc(Br)c1)C1CCCOC1. The van der Waals surface area contributed by atoms with Crippen LogP contribution in [0.1, 0.15) is 24.4 Å². The molecule has 0 radical (unpaired) electrons. The summed E-state index contributed by atoms with van der Waals surface area (Å²) >= 11 is 5.16. The predicted molar refractivity (Wildman–Crippen MR) is 65.6 cm³/mol. The highest BCUT2D eigenvalue weighted by Crippen LogP contribution is 2.32. The van der Waals surface area contributed by atoms with Crippen LogP contribution in [0.15, 0.2) is 15.2 Å². The lowest BCUT2D eigenvalue weighted by Crippen LogP contribution is -2.37. The van der Waals surface area contributed by atoms with E-state index in [9.17, 15) is 0 Å². The van der Waals surface area contributed by atoms with Crippen molar-refractivity contribution in [2.75, 3.05) is 13.2 Å². The van der Waals surface area contributed by atoms with Gasteiger partial charge in [-0.15, -0.1) is 11.3 Å². The normalized spacial score (nSPS) is 24.0. The van der Waals surface area contributed by atoms with Crippen LogP contribution >= 0.6 is 27.3 Å². The highest BCUT2D eigenvalue weighted by Gasteiger charge is 2.25. The van der Waals surface area contributed by atoms with Gasteiger partial charge < -0.3 is 4.74 Å². The largest absolute Gasteiger partial charge is 0.381 e. The second-order valence-corrected chi connectivity index (χ2v) is 6.10. The summed E-state index contributed by atoms with van der Waals surface area (Å²) in [7, 11) is 0. The van der Waals surface area contributed by atoms with Gasteiger partial charge in [0.1, 0.15) is 0 Å². The van der Waals surface area contributed by atoms with Crippen LogP contribution in [0.4, 0.5) is 0 Å². The molecule has 0 spiro atoms. The van der Waals surface area contributed by atoms with Crippen LogP contribution in [-0.4, -0.2) is 13.2 Å². The van der Waals surface area contributed by atoms with Gasteiger partial charge in [0.2, 0.25) is 0 Å². The smallest absolute Gasteiger partial charge is 0.0701 e. The zero-order valence-corrected chi connectivity index (χ0v) is 10.8. The van der Waals surface area contributed by atoms with Gasteiger partial charge in [-0.3, -0.25) is 11.3 Å². The zero-order chi connectivity index (χ0) is 10.7. The molecule has 1 aliphatic heterocycles. The molecule has 3 nitrogen and oxygen atoms in total.